The van der Waals surface area contributed by atoms with Crippen molar-refractivity contribution in [3.05, 3.63) is 23.0 Å². The third kappa shape index (κ3) is 5.78. The zero-order chi connectivity index (χ0) is 20.0. The first-order valence-electron chi connectivity index (χ1n) is 9.24. The highest BCUT2D eigenvalue weighted by Gasteiger charge is 2.28. The van der Waals surface area contributed by atoms with Gasteiger partial charge < -0.3 is 19.4 Å². The van der Waals surface area contributed by atoms with Crippen molar-refractivity contribution >= 4 is 15.9 Å². The second-order valence-electron chi connectivity index (χ2n) is 6.90. The van der Waals surface area contributed by atoms with Gasteiger partial charge in [0.2, 0.25) is 10.0 Å². The van der Waals surface area contributed by atoms with E-state index in [0.717, 1.165) is 11.4 Å². The van der Waals surface area contributed by atoms with Crippen molar-refractivity contribution in [2.24, 2.45) is 0 Å². The summed E-state index contributed by atoms with van der Waals surface area (Å²) < 4.78 is 38.2. The van der Waals surface area contributed by atoms with Gasteiger partial charge in [-0.05, 0) is 32.8 Å². The van der Waals surface area contributed by atoms with Crippen LogP contribution < -0.4 is 5.32 Å². The zero-order valence-electron chi connectivity index (χ0n) is 16.7. The van der Waals surface area contributed by atoms with E-state index in [1.54, 1.807) is 7.11 Å². The van der Waals surface area contributed by atoms with Crippen molar-refractivity contribution in [3.63, 3.8) is 0 Å². The zero-order valence-corrected chi connectivity index (χ0v) is 17.5. The molecule has 0 bridgehead atoms. The summed E-state index contributed by atoms with van der Waals surface area (Å²) in [4.78, 5) is 12.6. The number of nitrogens with one attached hydrogen (secondary N) is 1. The Morgan fingerprint density at radius 1 is 1.37 bits per heavy atom. The molecule has 9 heteroatoms. The number of hydrogen-bond donors (Lipinski definition) is 1. The van der Waals surface area contributed by atoms with Crippen LogP contribution in [0.3, 0.4) is 0 Å². The molecule has 1 N–H and O–H groups in total. The molecule has 1 aromatic heterocycles. The van der Waals surface area contributed by atoms with Gasteiger partial charge in [-0.1, -0.05) is 0 Å². The predicted octanol–water partition coefficient (Wildman–Crippen LogP) is 0.922. The molecule has 1 fully saturated rings. The Morgan fingerprint density at radius 2 is 2.04 bits per heavy atom. The summed E-state index contributed by atoms with van der Waals surface area (Å²) in [7, 11) is -1.69. The van der Waals surface area contributed by atoms with Gasteiger partial charge >= 0.3 is 0 Å². The molecule has 0 aromatic carbocycles. The molecule has 27 heavy (non-hydrogen) atoms. The van der Waals surface area contributed by atoms with Crippen molar-refractivity contribution in [1.82, 2.24) is 14.2 Å². The number of sulfonamides is 1. The van der Waals surface area contributed by atoms with Gasteiger partial charge in [0, 0.05) is 57.4 Å². The van der Waals surface area contributed by atoms with Crippen molar-refractivity contribution in [2.75, 3.05) is 46.3 Å². The fraction of sp³-hybridized carbons (Fsp3) is 0.722. The number of rotatable bonds is 9. The van der Waals surface area contributed by atoms with Crippen molar-refractivity contribution < 1.29 is 22.7 Å². The average molecular weight is 402 g/mol. The molecule has 1 aliphatic rings. The molecule has 0 unspecified atom stereocenters. The molecule has 154 valence electrons. The highest BCUT2D eigenvalue weighted by molar-refractivity contribution is 7.88. The summed E-state index contributed by atoms with van der Waals surface area (Å²) in [5.74, 6) is -0.188. The molecule has 2 heterocycles. The quantitative estimate of drug-likeness (QED) is 0.665. The molecule has 1 aliphatic heterocycles. The number of carbonyl (C=O) groups excluding carboxylic acids is 1. The minimum absolute atomic E-state index is 0.0650. The van der Waals surface area contributed by atoms with E-state index in [0.29, 0.717) is 44.8 Å². The van der Waals surface area contributed by atoms with E-state index < -0.39 is 10.0 Å². The minimum Gasteiger partial charge on any atom is -0.383 e. The van der Waals surface area contributed by atoms with E-state index in [1.807, 2.05) is 24.5 Å². The number of aromatic nitrogens is 1. The second kappa shape index (κ2) is 9.68. The molecule has 0 radical (unpaired) electrons. The number of aryl methyl sites for hydroxylation is 1. The fourth-order valence-electron chi connectivity index (χ4n) is 3.52. The van der Waals surface area contributed by atoms with Crippen LogP contribution in [0.4, 0.5) is 0 Å². The Kier molecular flexibility index (Phi) is 7.84. The van der Waals surface area contributed by atoms with E-state index in [2.05, 4.69) is 5.32 Å². The van der Waals surface area contributed by atoms with Crippen molar-refractivity contribution in [2.45, 2.75) is 39.3 Å². The lowest BCUT2D eigenvalue weighted by molar-refractivity contribution is 0.0585. The first kappa shape index (κ1) is 21.9. The van der Waals surface area contributed by atoms with Crippen LogP contribution in [0.1, 0.15) is 34.6 Å². The summed E-state index contributed by atoms with van der Waals surface area (Å²) >= 11 is 0. The van der Waals surface area contributed by atoms with Crippen LogP contribution in [-0.2, 0) is 26.0 Å². The molecular formula is C18H31N3O5S. The number of carbonyl (C=O) groups is 1. The van der Waals surface area contributed by atoms with Gasteiger partial charge in [-0.15, -0.1) is 0 Å². The molecule has 1 amide bonds. The smallest absolute Gasteiger partial charge is 0.253 e. The highest BCUT2D eigenvalue weighted by atomic mass is 32.2. The average Bonchev–Trinajstić information content (AvgIpc) is 2.90. The number of methoxy groups -OCH3 is 1. The van der Waals surface area contributed by atoms with Gasteiger partial charge in [-0.3, -0.25) is 4.79 Å². The molecule has 2 rings (SSSR count). The van der Waals surface area contributed by atoms with Crippen LogP contribution in [-0.4, -0.2) is 75.5 Å². The summed E-state index contributed by atoms with van der Waals surface area (Å²) in [5.41, 5.74) is 2.49. The molecule has 0 spiro atoms. The van der Waals surface area contributed by atoms with Crippen LogP contribution in [0.25, 0.3) is 0 Å². The fourth-order valence-corrected chi connectivity index (χ4v) is 4.70. The molecule has 1 aromatic rings. The SMILES string of the molecule is COCCn1c(C)cc(C(=O)NCCN(C2CCOCC2)S(C)(=O)=O)c1C. The van der Waals surface area contributed by atoms with Crippen LogP contribution in [0, 0.1) is 13.8 Å². The van der Waals surface area contributed by atoms with Crippen LogP contribution in [0.2, 0.25) is 0 Å². The highest BCUT2D eigenvalue weighted by Crippen LogP contribution is 2.17. The van der Waals surface area contributed by atoms with Gasteiger partial charge in [0.15, 0.2) is 0 Å². The maximum absolute atomic E-state index is 12.6. The molecule has 1 saturated heterocycles. The predicted molar refractivity (Wildman–Crippen MR) is 104 cm³/mol. The minimum atomic E-state index is -3.34. The Bertz CT molecular complexity index is 738. The van der Waals surface area contributed by atoms with Crippen molar-refractivity contribution in [3.8, 4) is 0 Å². The summed E-state index contributed by atoms with van der Waals surface area (Å²) in [6.45, 7) is 6.78. The molecular weight excluding hydrogens is 370 g/mol. The van der Waals surface area contributed by atoms with Gasteiger partial charge in [0.1, 0.15) is 0 Å². The molecule has 0 saturated carbocycles. The van der Waals surface area contributed by atoms with Gasteiger partial charge in [0.25, 0.3) is 5.91 Å². The van der Waals surface area contributed by atoms with E-state index >= 15 is 0 Å². The number of hydrogen-bond acceptors (Lipinski definition) is 5. The Morgan fingerprint density at radius 3 is 2.63 bits per heavy atom. The normalized spacial score (nSPS) is 16.0. The standard InChI is InChI=1S/C18H31N3O5S/c1-14-13-17(15(2)20(14)9-12-25-3)18(22)19-7-8-21(27(4,23)24)16-5-10-26-11-6-16/h13,16H,5-12H2,1-4H3,(H,19,22). The van der Waals surface area contributed by atoms with Crippen LogP contribution in [0.5, 0.6) is 0 Å². The second-order valence-corrected chi connectivity index (χ2v) is 8.84. The Hall–Kier alpha value is -1.42. The third-order valence-corrected chi connectivity index (χ3v) is 6.31. The summed E-state index contributed by atoms with van der Waals surface area (Å²) in [6, 6.07) is 1.79. The summed E-state index contributed by atoms with van der Waals surface area (Å²) in [5, 5.41) is 2.86. The Labute approximate surface area is 161 Å². The lowest BCUT2D eigenvalue weighted by Crippen LogP contribution is -2.46. The number of amides is 1. The van der Waals surface area contributed by atoms with Gasteiger partial charge in [-0.2, -0.15) is 4.31 Å². The van der Waals surface area contributed by atoms with Crippen LogP contribution >= 0.6 is 0 Å². The Balaban J connectivity index is 1.98. The molecule has 8 nitrogen and oxygen atoms in total. The van der Waals surface area contributed by atoms with E-state index in [4.69, 9.17) is 9.47 Å². The third-order valence-electron chi connectivity index (χ3n) is 4.98. The largest absolute Gasteiger partial charge is 0.383 e. The monoisotopic (exact) mass is 401 g/mol. The van der Waals surface area contributed by atoms with Gasteiger partial charge in [-0.25, -0.2) is 8.42 Å². The van der Waals surface area contributed by atoms with E-state index in [1.165, 1.54) is 10.6 Å². The lowest BCUT2D eigenvalue weighted by atomic mass is 10.1. The first-order valence-corrected chi connectivity index (χ1v) is 11.1. The van der Waals surface area contributed by atoms with Gasteiger partial charge in [0.05, 0.1) is 18.4 Å². The maximum atomic E-state index is 12.6. The number of ether oxygens (including phenoxy) is 2. The molecule has 0 atom stereocenters. The number of nitrogens with zero attached hydrogens (tertiary/aromatic N) is 2. The van der Waals surface area contributed by atoms with Crippen LogP contribution in [0.15, 0.2) is 6.07 Å². The van der Waals surface area contributed by atoms with Crippen molar-refractivity contribution in [1.29, 1.82) is 0 Å². The maximum Gasteiger partial charge on any atom is 0.253 e. The topological polar surface area (TPSA) is 89.9 Å². The summed E-state index contributed by atoms with van der Waals surface area (Å²) in [6.07, 6.45) is 2.58. The molecule has 0 aliphatic carbocycles. The lowest BCUT2D eigenvalue weighted by Gasteiger charge is -2.32. The van der Waals surface area contributed by atoms with E-state index in [-0.39, 0.29) is 25.0 Å². The first-order chi connectivity index (χ1) is 12.8. The van der Waals surface area contributed by atoms with E-state index in [9.17, 15) is 13.2 Å².